The lowest BCUT2D eigenvalue weighted by Crippen LogP contribution is -2.62. The monoisotopic (exact) mass is 822 g/mol. The Bertz CT molecular complexity index is 3070. The van der Waals surface area contributed by atoms with E-state index in [0.29, 0.717) is 67.2 Å². The summed E-state index contributed by atoms with van der Waals surface area (Å²) in [6.07, 6.45) is 3.49. The van der Waals surface area contributed by atoms with E-state index in [1.807, 2.05) is 117 Å². The third-order valence-corrected chi connectivity index (χ3v) is 13.4. The van der Waals surface area contributed by atoms with E-state index < -0.39 is 11.3 Å². The lowest BCUT2D eigenvalue weighted by atomic mass is 9.79. The second kappa shape index (κ2) is 12.9. The predicted molar refractivity (Wildman–Crippen MR) is 229 cm³/mol. The number of nitrogens with zero attached hydrogens (tertiary/aromatic N) is 8. The van der Waals surface area contributed by atoms with Gasteiger partial charge in [0.2, 0.25) is 0 Å². The molecule has 8 aromatic rings. The third-order valence-electron chi connectivity index (χ3n) is 13.4. The quantitative estimate of drug-likeness (QED) is 0.121. The fraction of sp³-hybridized carbons (Fsp3) is 0.208. The van der Waals surface area contributed by atoms with Crippen molar-refractivity contribution in [3.8, 4) is 23.0 Å². The van der Waals surface area contributed by atoms with Crippen molar-refractivity contribution in [1.82, 2.24) is 39.5 Å². The van der Waals surface area contributed by atoms with Crippen molar-refractivity contribution in [3.05, 3.63) is 143 Å². The van der Waals surface area contributed by atoms with Crippen molar-refractivity contribution in [2.75, 3.05) is 28.4 Å². The molecule has 0 aliphatic carbocycles. The van der Waals surface area contributed by atoms with Gasteiger partial charge in [0, 0.05) is 56.5 Å². The molecule has 62 heavy (non-hydrogen) atoms. The van der Waals surface area contributed by atoms with Crippen LogP contribution in [0.15, 0.2) is 109 Å². The highest BCUT2D eigenvalue weighted by molar-refractivity contribution is 6.21. The number of ether oxygens (including phenoxy) is 4. The van der Waals surface area contributed by atoms with Gasteiger partial charge in [0.05, 0.1) is 76.7 Å². The first-order chi connectivity index (χ1) is 30.4. The zero-order valence-electron chi connectivity index (χ0n) is 34.2. The molecule has 2 fully saturated rings. The Balaban J connectivity index is 1.20. The molecule has 306 valence electrons. The first kappa shape index (κ1) is 36.1. The van der Waals surface area contributed by atoms with Crippen molar-refractivity contribution in [2.24, 2.45) is 0 Å². The summed E-state index contributed by atoms with van der Waals surface area (Å²) >= 11 is 0. The molecule has 12 rings (SSSR count). The van der Waals surface area contributed by atoms with Crippen LogP contribution >= 0.6 is 0 Å². The molecule has 4 aliphatic heterocycles. The predicted octanol–water partition coefficient (Wildman–Crippen LogP) is 7.82. The average molecular weight is 823 g/mol. The van der Waals surface area contributed by atoms with Crippen LogP contribution in [-0.2, 0) is 37.5 Å². The van der Waals surface area contributed by atoms with Crippen LogP contribution in [0.1, 0.15) is 33.4 Å². The van der Waals surface area contributed by atoms with Crippen LogP contribution < -0.4 is 18.9 Å². The van der Waals surface area contributed by atoms with Crippen molar-refractivity contribution in [1.29, 1.82) is 0 Å². The second-order valence-electron chi connectivity index (χ2n) is 15.9. The highest BCUT2D eigenvalue weighted by Crippen LogP contribution is 2.66. The smallest absolute Gasteiger partial charge is 0.325 e. The molecule has 0 N–H and O–H groups in total. The van der Waals surface area contributed by atoms with Gasteiger partial charge in [0.25, 0.3) is 0 Å². The van der Waals surface area contributed by atoms with Gasteiger partial charge in [0.1, 0.15) is 22.5 Å². The van der Waals surface area contributed by atoms with Gasteiger partial charge < -0.3 is 18.9 Å². The maximum absolute atomic E-state index is 16.0. The Labute approximate surface area is 354 Å². The van der Waals surface area contributed by atoms with Gasteiger partial charge in [-0.2, -0.15) is 0 Å². The Hall–Kier alpha value is -7.74. The number of hydrogen-bond donors (Lipinski definition) is 0. The molecule has 0 spiro atoms. The van der Waals surface area contributed by atoms with E-state index in [-0.39, 0.29) is 38.2 Å². The lowest BCUT2D eigenvalue weighted by molar-refractivity contribution is -0.0795. The Morgan fingerprint density at radius 3 is 1.19 bits per heavy atom. The number of benzene rings is 5. The summed E-state index contributed by atoms with van der Waals surface area (Å²) in [5.74, 6) is 2.06. The number of amides is 4. The van der Waals surface area contributed by atoms with Gasteiger partial charge in [-0.3, -0.25) is 29.6 Å². The van der Waals surface area contributed by atoms with Crippen LogP contribution in [0.3, 0.4) is 0 Å². The summed E-state index contributed by atoms with van der Waals surface area (Å²) in [5.41, 5.74) is 5.10. The minimum atomic E-state index is -1.44. The number of carbonyl (C=O) groups excluding carboxylic acids is 2. The molecule has 2 saturated heterocycles. The van der Waals surface area contributed by atoms with E-state index in [2.05, 4.69) is 0 Å². The molecule has 4 aliphatic rings. The number of pyridine rings is 2. The largest absolute Gasteiger partial charge is 0.496 e. The molecule has 3 aromatic heterocycles. The molecular weight excluding hydrogens is 785 g/mol. The minimum Gasteiger partial charge on any atom is -0.496 e. The molecule has 14 heteroatoms. The van der Waals surface area contributed by atoms with E-state index in [1.165, 1.54) is 0 Å². The van der Waals surface area contributed by atoms with Gasteiger partial charge in [0.15, 0.2) is 22.8 Å². The number of rotatable bonds is 6. The van der Waals surface area contributed by atoms with Crippen LogP contribution in [-0.4, -0.2) is 80.0 Å². The highest BCUT2D eigenvalue weighted by atomic mass is 16.5. The highest BCUT2D eigenvalue weighted by Gasteiger charge is 2.81. The Morgan fingerprint density at radius 2 is 0.823 bits per heavy atom. The van der Waals surface area contributed by atoms with Crippen molar-refractivity contribution in [2.45, 2.75) is 37.5 Å². The maximum Gasteiger partial charge on any atom is 0.325 e. The Morgan fingerprint density at radius 1 is 0.435 bits per heavy atom. The van der Waals surface area contributed by atoms with E-state index in [1.54, 1.807) is 40.8 Å². The average Bonchev–Trinajstić information content (AvgIpc) is 3.47. The van der Waals surface area contributed by atoms with Crippen LogP contribution in [0.25, 0.3) is 43.9 Å². The number of urea groups is 2. The normalized spacial score (nSPS) is 20.1. The summed E-state index contributed by atoms with van der Waals surface area (Å²) < 4.78 is 24.7. The zero-order valence-corrected chi connectivity index (χ0v) is 34.2. The number of carbonyl (C=O) groups is 2. The summed E-state index contributed by atoms with van der Waals surface area (Å²) in [6, 6.07) is 30.5. The second-order valence-corrected chi connectivity index (χ2v) is 15.9. The number of fused-ring (bicyclic) bond motifs is 9. The summed E-state index contributed by atoms with van der Waals surface area (Å²) in [5, 5.41) is 1.57. The molecule has 0 atom stereocenters. The summed E-state index contributed by atoms with van der Waals surface area (Å²) in [4.78, 5) is 59.6. The number of methoxy groups -OCH3 is 4. The molecule has 4 amide bonds. The van der Waals surface area contributed by atoms with Crippen LogP contribution in [0.5, 0.6) is 23.0 Å². The van der Waals surface area contributed by atoms with Crippen LogP contribution in [0.2, 0.25) is 0 Å². The molecular formula is C48H38N8O6. The van der Waals surface area contributed by atoms with Crippen LogP contribution in [0.4, 0.5) is 9.59 Å². The molecule has 0 radical (unpaired) electrons. The molecule has 0 saturated carbocycles. The molecule has 0 unspecified atom stereocenters. The summed E-state index contributed by atoms with van der Waals surface area (Å²) in [6.45, 7) is 0.317. The SMILES string of the molecule is COc1ccc(OC)c2c1CN1C(=O)N3Cc4c(c(OC)c5nc6c7cccnc7c7ncccc7c6nc5c4OC)CN4C(=O)N(C2)C1(c1ccccc1)C34c1ccccc1. The fourth-order valence-corrected chi connectivity index (χ4v) is 11.0. The Kier molecular flexibility index (Phi) is 7.51. The van der Waals surface area contributed by atoms with E-state index >= 15 is 9.59 Å². The van der Waals surface area contributed by atoms with E-state index in [9.17, 15) is 0 Å². The van der Waals surface area contributed by atoms with Gasteiger partial charge in [-0.15, -0.1) is 0 Å². The first-order valence-electron chi connectivity index (χ1n) is 20.3. The van der Waals surface area contributed by atoms with Gasteiger partial charge in [-0.1, -0.05) is 60.7 Å². The number of hydrogen-bond acceptors (Lipinski definition) is 10. The van der Waals surface area contributed by atoms with Gasteiger partial charge in [-0.05, 0) is 36.4 Å². The van der Waals surface area contributed by atoms with Gasteiger partial charge >= 0.3 is 12.1 Å². The molecule has 5 aromatic carbocycles. The molecule has 7 heterocycles. The standard InChI is InChI=1S/C48H38N8O6/c1-59-35-19-20-36(60-2)32-24-54-46(58)56-26-34-33(25-55-45(57)53(23-31(32)35)47(54,27-13-7-5-8-14-27)48(55,56)28-15-9-6-10-16-28)43(61-3)41-42(44(34)62-4)52-40-30-18-12-22-50-38(30)37-29(39(40)51-41)17-11-21-49-37/h5-22H,23-26H2,1-4H3. The number of aromatic nitrogens is 4. The van der Waals surface area contributed by atoms with Crippen LogP contribution in [0, 0.1) is 0 Å². The third kappa shape index (κ3) is 4.23. The van der Waals surface area contributed by atoms with E-state index in [0.717, 1.165) is 33.0 Å². The maximum atomic E-state index is 16.0. The molecule has 0 bridgehead atoms. The molecule has 14 nitrogen and oxygen atoms in total. The van der Waals surface area contributed by atoms with Gasteiger partial charge in [-0.25, -0.2) is 19.6 Å². The summed E-state index contributed by atoms with van der Waals surface area (Å²) in [7, 11) is 6.43. The first-order valence-corrected chi connectivity index (χ1v) is 20.3. The topological polar surface area (TPSA) is 136 Å². The lowest BCUT2D eigenvalue weighted by Gasteiger charge is -2.49. The minimum absolute atomic E-state index is 0.0347. The van der Waals surface area contributed by atoms with Crippen molar-refractivity contribution >= 4 is 55.9 Å². The zero-order chi connectivity index (χ0) is 42.1. The van der Waals surface area contributed by atoms with Crippen molar-refractivity contribution < 1.29 is 28.5 Å². The fourth-order valence-electron chi connectivity index (χ4n) is 11.0. The van der Waals surface area contributed by atoms with E-state index in [4.69, 9.17) is 38.9 Å². The van der Waals surface area contributed by atoms with Crippen molar-refractivity contribution in [3.63, 3.8) is 0 Å².